The summed E-state index contributed by atoms with van der Waals surface area (Å²) < 4.78 is 0. The molecule has 0 aromatic carbocycles. The van der Waals surface area contributed by atoms with E-state index in [1.165, 1.54) is 11.1 Å². The quantitative estimate of drug-likeness (QED) is 0.880. The molecule has 0 aliphatic heterocycles. The summed E-state index contributed by atoms with van der Waals surface area (Å²) in [6.45, 7) is 1.74. The zero-order chi connectivity index (χ0) is 12.1. The van der Waals surface area contributed by atoms with E-state index in [1.807, 2.05) is 19.3 Å². The number of hydrogen-bond donors (Lipinski definition) is 1. The van der Waals surface area contributed by atoms with E-state index in [2.05, 4.69) is 45.1 Å². The standard InChI is InChI=1S/C13H17N3S/c1-14-8-12-4-3-6-15-13(12)16(2)9-11-5-7-17-10-11/h3-7,10,14H,8-9H2,1-2H3. The molecule has 0 amide bonds. The fourth-order valence-electron chi connectivity index (χ4n) is 1.83. The molecular formula is C13H17N3S. The molecule has 17 heavy (non-hydrogen) atoms. The van der Waals surface area contributed by atoms with Crippen molar-refractivity contribution in [3.8, 4) is 0 Å². The van der Waals surface area contributed by atoms with Crippen molar-refractivity contribution in [1.29, 1.82) is 0 Å². The highest BCUT2D eigenvalue weighted by molar-refractivity contribution is 7.07. The summed E-state index contributed by atoms with van der Waals surface area (Å²) in [5.41, 5.74) is 2.56. The van der Waals surface area contributed by atoms with E-state index in [9.17, 15) is 0 Å². The summed E-state index contributed by atoms with van der Waals surface area (Å²) in [6.07, 6.45) is 1.85. The van der Waals surface area contributed by atoms with E-state index in [1.54, 1.807) is 11.3 Å². The Morgan fingerprint density at radius 2 is 2.29 bits per heavy atom. The van der Waals surface area contributed by atoms with Crippen LogP contribution in [0.25, 0.3) is 0 Å². The molecule has 0 bridgehead atoms. The Morgan fingerprint density at radius 3 is 3.00 bits per heavy atom. The Labute approximate surface area is 106 Å². The van der Waals surface area contributed by atoms with Gasteiger partial charge < -0.3 is 10.2 Å². The van der Waals surface area contributed by atoms with Crippen molar-refractivity contribution in [3.63, 3.8) is 0 Å². The van der Waals surface area contributed by atoms with Crippen LogP contribution < -0.4 is 10.2 Å². The number of aromatic nitrogens is 1. The highest BCUT2D eigenvalue weighted by atomic mass is 32.1. The Kier molecular flexibility index (Phi) is 4.12. The molecule has 0 saturated heterocycles. The number of hydrogen-bond acceptors (Lipinski definition) is 4. The maximum atomic E-state index is 4.47. The van der Waals surface area contributed by atoms with Gasteiger partial charge in [-0.25, -0.2) is 4.98 Å². The highest BCUT2D eigenvalue weighted by Gasteiger charge is 2.08. The lowest BCUT2D eigenvalue weighted by atomic mass is 10.2. The zero-order valence-corrected chi connectivity index (χ0v) is 11.0. The minimum Gasteiger partial charge on any atom is -0.355 e. The summed E-state index contributed by atoms with van der Waals surface area (Å²) in [6, 6.07) is 6.25. The first-order valence-electron chi connectivity index (χ1n) is 5.62. The normalized spacial score (nSPS) is 10.5. The molecule has 0 atom stereocenters. The third-order valence-electron chi connectivity index (χ3n) is 2.60. The van der Waals surface area contributed by atoms with Crippen LogP contribution in [0.1, 0.15) is 11.1 Å². The number of rotatable bonds is 5. The Hall–Kier alpha value is -1.39. The minimum absolute atomic E-state index is 0.844. The Morgan fingerprint density at radius 1 is 1.41 bits per heavy atom. The molecule has 2 heterocycles. The van der Waals surface area contributed by atoms with E-state index in [0.717, 1.165) is 18.9 Å². The molecule has 4 heteroatoms. The van der Waals surface area contributed by atoms with E-state index in [0.29, 0.717) is 0 Å². The molecular weight excluding hydrogens is 230 g/mol. The summed E-state index contributed by atoms with van der Waals surface area (Å²) in [7, 11) is 4.04. The molecule has 0 spiro atoms. The third-order valence-corrected chi connectivity index (χ3v) is 3.33. The minimum atomic E-state index is 0.844. The van der Waals surface area contributed by atoms with Gasteiger partial charge in [-0.1, -0.05) is 6.07 Å². The Balaban J connectivity index is 2.15. The molecule has 90 valence electrons. The summed E-state index contributed by atoms with van der Waals surface area (Å²) in [5, 5.41) is 7.46. The fourth-order valence-corrected chi connectivity index (χ4v) is 2.49. The third kappa shape index (κ3) is 3.05. The average molecular weight is 247 g/mol. The lowest BCUT2D eigenvalue weighted by molar-refractivity contribution is 0.796. The predicted octanol–water partition coefficient (Wildman–Crippen LogP) is 2.50. The number of thiophene rings is 1. The first kappa shape index (κ1) is 12.1. The smallest absolute Gasteiger partial charge is 0.133 e. The van der Waals surface area contributed by atoms with E-state index >= 15 is 0 Å². The van der Waals surface area contributed by atoms with Crippen molar-refractivity contribution in [1.82, 2.24) is 10.3 Å². The second kappa shape index (κ2) is 5.80. The molecule has 2 aromatic rings. The van der Waals surface area contributed by atoms with Crippen LogP contribution in [-0.2, 0) is 13.1 Å². The van der Waals surface area contributed by atoms with E-state index < -0.39 is 0 Å². The van der Waals surface area contributed by atoms with Crippen LogP contribution in [0.4, 0.5) is 5.82 Å². The summed E-state index contributed by atoms with van der Waals surface area (Å²) in [4.78, 5) is 6.66. The molecule has 1 N–H and O–H groups in total. The van der Waals surface area contributed by atoms with Crippen molar-refractivity contribution < 1.29 is 0 Å². The monoisotopic (exact) mass is 247 g/mol. The van der Waals surface area contributed by atoms with Crippen LogP contribution >= 0.6 is 11.3 Å². The van der Waals surface area contributed by atoms with Gasteiger partial charge in [-0.2, -0.15) is 11.3 Å². The van der Waals surface area contributed by atoms with Crippen LogP contribution in [0.15, 0.2) is 35.2 Å². The van der Waals surface area contributed by atoms with Crippen LogP contribution in [0.5, 0.6) is 0 Å². The van der Waals surface area contributed by atoms with Crippen LogP contribution in [0.2, 0.25) is 0 Å². The van der Waals surface area contributed by atoms with Crippen LogP contribution in [0.3, 0.4) is 0 Å². The molecule has 0 aliphatic carbocycles. The molecule has 2 rings (SSSR count). The number of pyridine rings is 1. The average Bonchev–Trinajstić information content (AvgIpc) is 2.83. The molecule has 0 radical (unpaired) electrons. The maximum absolute atomic E-state index is 4.47. The van der Waals surface area contributed by atoms with Gasteiger partial charge in [-0.3, -0.25) is 0 Å². The SMILES string of the molecule is CNCc1cccnc1N(C)Cc1ccsc1. The fraction of sp³-hybridized carbons (Fsp3) is 0.308. The number of nitrogens with zero attached hydrogens (tertiary/aromatic N) is 2. The molecule has 0 aliphatic rings. The van der Waals surface area contributed by atoms with Gasteiger partial charge in [0.25, 0.3) is 0 Å². The second-order valence-electron chi connectivity index (χ2n) is 4.00. The zero-order valence-electron chi connectivity index (χ0n) is 10.2. The van der Waals surface area contributed by atoms with Crippen molar-refractivity contribution in [2.24, 2.45) is 0 Å². The summed E-state index contributed by atoms with van der Waals surface area (Å²) >= 11 is 1.73. The predicted molar refractivity (Wildman–Crippen MR) is 73.4 cm³/mol. The molecule has 0 saturated carbocycles. The van der Waals surface area contributed by atoms with E-state index in [-0.39, 0.29) is 0 Å². The van der Waals surface area contributed by atoms with E-state index in [4.69, 9.17) is 0 Å². The maximum Gasteiger partial charge on any atom is 0.133 e. The number of anilines is 1. The van der Waals surface area contributed by atoms with Gasteiger partial charge in [0, 0.05) is 31.9 Å². The van der Waals surface area contributed by atoms with Crippen molar-refractivity contribution >= 4 is 17.2 Å². The van der Waals surface area contributed by atoms with Crippen molar-refractivity contribution in [2.45, 2.75) is 13.1 Å². The van der Waals surface area contributed by atoms with Crippen molar-refractivity contribution in [2.75, 3.05) is 19.0 Å². The molecule has 3 nitrogen and oxygen atoms in total. The lowest BCUT2D eigenvalue weighted by Crippen LogP contribution is -2.20. The highest BCUT2D eigenvalue weighted by Crippen LogP contribution is 2.18. The van der Waals surface area contributed by atoms with Gasteiger partial charge in [0.1, 0.15) is 5.82 Å². The Bertz CT molecular complexity index is 453. The van der Waals surface area contributed by atoms with Gasteiger partial charge in [0.05, 0.1) is 0 Å². The molecule has 0 fully saturated rings. The van der Waals surface area contributed by atoms with Gasteiger partial charge in [-0.05, 0) is 35.5 Å². The lowest BCUT2D eigenvalue weighted by Gasteiger charge is -2.20. The van der Waals surface area contributed by atoms with Gasteiger partial charge in [-0.15, -0.1) is 0 Å². The largest absolute Gasteiger partial charge is 0.355 e. The van der Waals surface area contributed by atoms with Crippen LogP contribution in [-0.4, -0.2) is 19.1 Å². The first-order valence-corrected chi connectivity index (χ1v) is 6.56. The number of nitrogens with one attached hydrogen (secondary N) is 1. The van der Waals surface area contributed by atoms with Gasteiger partial charge in [0.15, 0.2) is 0 Å². The first-order chi connectivity index (χ1) is 8.31. The molecule has 0 unspecified atom stereocenters. The van der Waals surface area contributed by atoms with Crippen LogP contribution in [0, 0.1) is 0 Å². The topological polar surface area (TPSA) is 28.2 Å². The van der Waals surface area contributed by atoms with Crippen molar-refractivity contribution in [3.05, 3.63) is 46.3 Å². The molecule has 2 aromatic heterocycles. The van der Waals surface area contributed by atoms with Gasteiger partial charge in [0.2, 0.25) is 0 Å². The second-order valence-corrected chi connectivity index (χ2v) is 4.78. The summed E-state index contributed by atoms with van der Waals surface area (Å²) in [5.74, 6) is 1.05. The van der Waals surface area contributed by atoms with Gasteiger partial charge >= 0.3 is 0 Å².